The third-order valence-electron chi connectivity index (χ3n) is 4.92. The van der Waals surface area contributed by atoms with Crippen molar-refractivity contribution >= 4 is 0 Å². The zero-order chi connectivity index (χ0) is 19.7. The second-order valence-electron chi connectivity index (χ2n) is 6.58. The van der Waals surface area contributed by atoms with Crippen LogP contribution in [0.25, 0.3) is 5.69 Å². The van der Waals surface area contributed by atoms with E-state index in [2.05, 4.69) is 25.1 Å². The first kappa shape index (κ1) is 18.0. The maximum Gasteiger partial charge on any atom is 0.137 e. The van der Waals surface area contributed by atoms with Crippen LogP contribution >= 0.6 is 0 Å². The Bertz CT molecular complexity index is 1060. The lowest BCUT2D eigenvalue weighted by Gasteiger charge is -2.34. The van der Waals surface area contributed by atoms with Crippen LogP contribution in [0.5, 0.6) is 0 Å². The van der Waals surface area contributed by atoms with Gasteiger partial charge in [-0.25, -0.2) is 28.7 Å². The van der Waals surface area contributed by atoms with Crippen molar-refractivity contribution in [1.29, 1.82) is 0 Å². The molecular formula is C18H19FN8O. The van der Waals surface area contributed by atoms with E-state index >= 15 is 4.39 Å². The van der Waals surface area contributed by atoms with Crippen LogP contribution in [0, 0.1) is 12.7 Å². The first-order chi connectivity index (χ1) is 13.5. The van der Waals surface area contributed by atoms with E-state index in [1.54, 1.807) is 36.0 Å². The minimum atomic E-state index is -1.64. The molecule has 0 aliphatic rings. The summed E-state index contributed by atoms with van der Waals surface area (Å²) in [5, 5.41) is 19.8. The molecule has 3 heterocycles. The zero-order valence-electron chi connectivity index (χ0n) is 15.4. The lowest BCUT2D eigenvalue weighted by molar-refractivity contribution is -0.0369. The summed E-state index contributed by atoms with van der Waals surface area (Å²) in [6.07, 6.45) is 9.09. The number of aromatic nitrogens is 8. The van der Waals surface area contributed by atoms with Gasteiger partial charge in [0.1, 0.15) is 42.6 Å². The minimum Gasteiger partial charge on any atom is -0.381 e. The molecule has 0 fully saturated rings. The molecule has 0 bridgehead atoms. The molecule has 4 rings (SSSR count). The molecule has 0 radical (unpaired) electrons. The molecule has 0 aliphatic carbocycles. The van der Waals surface area contributed by atoms with E-state index in [1.807, 2.05) is 6.92 Å². The monoisotopic (exact) mass is 382 g/mol. The molecule has 28 heavy (non-hydrogen) atoms. The third kappa shape index (κ3) is 3.07. The highest BCUT2D eigenvalue weighted by Crippen LogP contribution is 2.36. The van der Waals surface area contributed by atoms with Crippen LogP contribution in [0.15, 0.2) is 55.9 Å². The normalized spacial score (nSPS) is 14.7. The van der Waals surface area contributed by atoms with Crippen LogP contribution in [0.1, 0.15) is 24.4 Å². The molecule has 0 aliphatic heterocycles. The van der Waals surface area contributed by atoms with Gasteiger partial charge in [-0.2, -0.15) is 10.2 Å². The first-order valence-electron chi connectivity index (χ1n) is 8.68. The van der Waals surface area contributed by atoms with Crippen molar-refractivity contribution in [2.45, 2.75) is 32.0 Å². The van der Waals surface area contributed by atoms with Crippen LogP contribution in [0.2, 0.25) is 0 Å². The van der Waals surface area contributed by atoms with Crippen LogP contribution in [0.4, 0.5) is 4.39 Å². The van der Waals surface area contributed by atoms with Gasteiger partial charge in [0.05, 0.1) is 12.6 Å². The van der Waals surface area contributed by atoms with E-state index in [9.17, 15) is 5.11 Å². The Kier molecular flexibility index (Phi) is 4.47. The fourth-order valence-electron chi connectivity index (χ4n) is 3.30. The number of imidazole rings is 1. The first-order valence-corrected chi connectivity index (χ1v) is 8.68. The molecule has 0 unspecified atom stereocenters. The summed E-state index contributed by atoms with van der Waals surface area (Å²) in [5.41, 5.74) is -0.895. The molecule has 3 aromatic heterocycles. The Morgan fingerprint density at radius 1 is 1.18 bits per heavy atom. The predicted octanol–water partition coefficient (Wildman–Crippen LogP) is 1.65. The summed E-state index contributed by atoms with van der Waals surface area (Å²) in [7, 11) is 0. The summed E-state index contributed by atoms with van der Waals surface area (Å²) < 4.78 is 19.9. The number of rotatable bonds is 6. The zero-order valence-corrected chi connectivity index (χ0v) is 15.4. The molecular weight excluding hydrogens is 363 g/mol. The number of halogens is 1. The van der Waals surface area contributed by atoms with E-state index in [-0.39, 0.29) is 12.1 Å². The largest absolute Gasteiger partial charge is 0.381 e. The Labute approximate surface area is 160 Å². The number of hydrogen-bond acceptors (Lipinski definition) is 6. The van der Waals surface area contributed by atoms with E-state index in [0.717, 1.165) is 5.82 Å². The minimum absolute atomic E-state index is 0.00556. The van der Waals surface area contributed by atoms with Gasteiger partial charge in [0.25, 0.3) is 0 Å². The van der Waals surface area contributed by atoms with Gasteiger partial charge in [0.15, 0.2) is 0 Å². The Morgan fingerprint density at radius 3 is 2.57 bits per heavy atom. The van der Waals surface area contributed by atoms with Gasteiger partial charge >= 0.3 is 0 Å². The van der Waals surface area contributed by atoms with Crippen molar-refractivity contribution in [3.05, 3.63) is 73.1 Å². The number of aliphatic hydroxyl groups is 1. The van der Waals surface area contributed by atoms with Crippen molar-refractivity contribution < 1.29 is 9.50 Å². The number of nitrogens with zero attached hydrogens (tertiary/aromatic N) is 8. The number of hydrogen-bond donors (Lipinski definition) is 1. The standard InChI is InChI=1S/C18H19FN8O/c1-13(27-12-21-10-24-27)18(28,8-25-11-20-9-23-25)16-4-3-15(7-17(16)19)26-6-5-22-14(26)2/h3-7,9-13,28H,8H2,1-2H3/t13-,18-/m1/s1. The molecule has 0 saturated heterocycles. The third-order valence-corrected chi connectivity index (χ3v) is 4.92. The van der Waals surface area contributed by atoms with Crippen molar-refractivity contribution in [1.82, 2.24) is 39.1 Å². The quantitative estimate of drug-likeness (QED) is 0.544. The molecule has 1 aromatic carbocycles. The van der Waals surface area contributed by atoms with E-state index in [0.29, 0.717) is 5.69 Å². The molecule has 10 heteroatoms. The average molecular weight is 382 g/mol. The van der Waals surface area contributed by atoms with Crippen LogP contribution in [-0.2, 0) is 12.1 Å². The molecule has 2 atom stereocenters. The predicted molar refractivity (Wildman–Crippen MR) is 96.9 cm³/mol. The van der Waals surface area contributed by atoms with Gasteiger partial charge in [-0.3, -0.25) is 0 Å². The van der Waals surface area contributed by atoms with Crippen molar-refractivity contribution in [2.75, 3.05) is 0 Å². The summed E-state index contributed by atoms with van der Waals surface area (Å²) in [6, 6.07) is 4.08. The lowest BCUT2D eigenvalue weighted by atomic mass is 9.86. The van der Waals surface area contributed by atoms with E-state index < -0.39 is 17.5 Å². The highest BCUT2D eigenvalue weighted by Gasteiger charge is 2.40. The Morgan fingerprint density at radius 2 is 1.96 bits per heavy atom. The maximum absolute atomic E-state index is 15.2. The lowest BCUT2D eigenvalue weighted by Crippen LogP contribution is -2.40. The topological polar surface area (TPSA) is 99.5 Å². The molecule has 144 valence electrons. The van der Waals surface area contributed by atoms with Crippen molar-refractivity contribution in [2.24, 2.45) is 0 Å². The second-order valence-corrected chi connectivity index (χ2v) is 6.58. The highest BCUT2D eigenvalue weighted by molar-refractivity contribution is 5.39. The average Bonchev–Trinajstić information content (AvgIpc) is 3.43. The summed E-state index contributed by atoms with van der Waals surface area (Å²) >= 11 is 0. The molecule has 9 nitrogen and oxygen atoms in total. The Hall–Kier alpha value is -3.40. The van der Waals surface area contributed by atoms with Gasteiger partial charge in [0, 0.05) is 23.6 Å². The maximum atomic E-state index is 15.2. The van der Waals surface area contributed by atoms with Gasteiger partial charge in [-0.05, 0) is 26.0 Å². The van der Waals surface area contributed by atoms with Gasteiger partial charge in [0.2, 0.25) is 0 Å². The fourth-order valence-corrected chi connectivity index (χ4v) is 3.30. The highest BCUT2D eigenvalue weighted by atomic mass is 19.1. The molecule has 1 N–H and O–H groups in total. The molecule has 0 spiro atoms. The Balaban J connectivity index is 1.79. The molecule has 0 amide bonds. The van der Waals surface area contributed by atoms with Gasteiger partial charge in [-0.15, -0.1) is 0 Å². The van der Waals surface area contributed by atoms with Gasteiger partial charge in [-0.1, -0.05) is 6.07 Å². The summed E-state index contributed by atoms with van der Waals surface area (Å²) in [5.74, 6) is 0.196. The smallest absolute Gasteiger partial charge is 0.137 e. The van der Waals surface area contributed by atoms with Crippen LogP contribution in [-0.4, -0.2) is 44.2 Å². The van der Waals surface area contributed by atoms with E-state index in [1.165, 1.54) is 40.7 Å². The molecule has 4 aromatic rings. The number of benzene rings is 1. The van der Waals surface area contributed by atoms with E-state index in [4.69, 9.17) is 0 Å². The summed E-state index contributed by atoms with van der Waals surface area (Å²) in [4.78, 5) is 12.0. The summed E-state index contributed by atoms with van der Waals surface area (Å²) in [6.45, 7) is 3.58. The van der Waals surface area contributed by atoms with Crippen LogP contribution in [0.3, 0.4) is 0 Å². The SMILES string of the molecule is Cc1nccn1-c1ccc([C@@](O)(Cn2cncn2)[C@@H](C)n2cncn2)c(F)c1. The van der Waals surface area contributed by atoms with Crippen molar-refractivity contribution in [3.63, 3.8) is 0 Å². The number of aryl methyl sites for hydroxylation is 1. The van der Waals surface area contributed by atoms with Crippen molar-refractivity contribution in [3.8, 4) is 5.69 Å². The second kappa shape index (κ2) is 6.97. The van der Waals surface area contributed by atoms with Crippen LogP contribution < -0.4 is 0 Å². The molecule has 0 saturated carbocycles. The van der Waals surface area contributed by atoms with Gasteiger partial charge < -0.3 is 9.67 Å². The fraction of sp³-hybridized carbons (Fsp3) is 0.278.